The van der Waals surface area contributed by atoms with Crippen LogP contribution in [0, 0.1) is 5.92 Å². The van der Waals surface area contributed by atoms with E-state index >= 15 is 0 Å². The van der Waals surface area contributed by atoms with Crippen LogP contribution < -0.4 is 19.4 Å². The number of carbonyl (C=O) groups is 5. The fraction of sp³-hybridized carbons (Fsp3) is 0.417. The van der Waals surface area contributed by atoms with Gasteiger partial charge in [0.1, 0.15) is 24.7 Å². The zero-order valence-electron chi connectivity index (χ0n) is 44.8. The Kier molecular flexibility index (Phi) is 14.9. The van der Waals surface area contributed by atoms with E-state index in [0.29, 0.717) is 91.0 Å². The largest absolute Gasteiger partial charge is 0.497 e. The number of ether oxygens (including phenoxy) is 5. The van der Waals surface area contributed by atoms with Crippen molar-refractivity contribution in [2.24, 2.45) is 15.9 Å². The molecule has 3 atom stereocenters. The molecule has 0 aromatic heterocycles. The first-order valence-corrected chi connectivity index (χ1v) is 26.4. The third kappa shape index (κ3) is 11.0. The third-order valence-electron chi connectivity index (χ3n) is 15.5. The van der Waals surface area contributed by atoms with Gasteiger partial charge in [-0.2, -0.15) is 0 Å². The molecule has 0 radical (unpaired) electrons. The number of fused-ring (bicyclic) bond motifs is 8. The van der Waals surface area contributed by atoms with Crippen LogP contribution in [0.1, 0.15) is 104 Å². The lowest BCUT2D eigenvalue weighted by molar-refractivity contribution is -0.198. The van der Waals surface area contributed by atoms with Crippen LogP contribution in [0.3, 0.4) is 0 Å². The van der Waals surface area contributed by atoms with E-state index in [1.54, 1.807) is 14.2 Å². The smallest absolute Gasteiger partial charge is 0.333 e. The number of para-hydroxylation sites is 2. The molecule has 0 bridgehead atoms. The summed E-state index contributed by atoms with van der Waals surface area (Å²) in [6.45, 7) is 9.15. The molecule has 4 aromatic carbocycles. The molecule has 5 aliphatic heterocycles. The first-order valence-electron chi connectivity index (χ1n) is 26.4. The SMILES string of the molecule is COCCc1cc2c(cc1OCc1cc(COC3=C(OC)CC4C(=O)N5c6ccccc6C[C@H]5C=NC4=C3)cc(N(C)C(C)(C)CCOC(C)(C)CCC(=O)ON3C(=O)CCC3=O)c1)N=CC1Cc3ccccc3N1C2=O. The van der Waals surface area contributed by atoms with Crippen LogP contribution in [0.2, 0.25) is 0 Å². The van der Waals surface area contributed by atoms with Crippen LogP contribution in [0.5, 0.6) is 5.75 Å². The van der Waals surface area contributed by atoms with E-state index in [2.05, 4.69) is 43.0 Å². The number of hydroxylamine groups is 2. The third-order valence-corrected chi connectivity index (χ3v) is 15.5. The Hall–Kier alpha value is -7.63. The second kappa shape index (κ2) is 21.8. The Bertz CT molecular complexity index is 3120. The van der Waals surface area contributed by atoms with Gasteiger partial charge in [0.15, 0.2) is 5.76 Å². The van der Waals surface area contributed by atoms with Crippen molar-refractivity contribution >= 4 is 64.8 Å². The number of nitrogens with zero attached hydrogens (tertiary/aromatic N) is 6. The average molecular weight is 1050 g/mol. The number of hydrogen-bond donors (Lipinski definition) is 0. The highest BCUT2D eigenvalue weighted by Crippen LogP contribution is 2.42. The number of carbonyl (C=O) groups excluding carboxylic acids is 5. The number of allylic oxidation sites excluding steroid dienone is 2. The van der Waals surface area contributed by atoms with Gasteiger partial charge in [0.2, 0.25) is 5.91 Å². The molecule has 402 valence electrons. The topological polar surface area (TPSA) is 178 Å². The van der Waals surface area contributed by atoms with Gasteiger partial charge < -0.3 is 38.3 Å². The summed E-state index contributed by atoms with van der Waals surface area (Å²) in [6, 6.07) is 25.6. The van der Waals surface area contributed by atoms with Crippen molar-refractivity contribution in [3.05, 3.63) is 136 Å². The van der Waals surface area contributed by atoms with Crippen LogP contribution in [-0.4, -0.2) is 105 Å². The molecular formula is C60H66N6O11. The second-order valence-electron chi connectivity index (χ2n) is 21.6. The minimum absolute atomic E-state index is 0.0197. The highest BCUT2D eigenvalue weighted by atomic mass is 16.7. The summed E-state index contributed by atoms with van der Waals surface area (Å²) in [4.78, 5) is 85.9. The van der Waals surface area contributed by atoms with E-state index < -0.39 is 34.8 Å². The lowest BCUT2D eigenvalue weighted by atomic mass is 9.93. The van der Waals surface area contributed by atoms with E-state index in [0.717, 1.165) is 44.9 Å². The van der Waals surface area contributed by atoms with Crippen LogP contribution in [0.15, 0.2) is 112 Å². The Labute approximate surface area is 449 Å². The van der Waals surface area contributed by atoms with Crippen molar-refractivity contribution in [1.82, 2.24) is 5.06 Å². The van der Waals surface area contributed by atoms with Gasteiger partial charge in [-0.05, 0) is 111 Å². The number of amides is 4. The van der Waals surface area contributed by atoms with Gasteiger partial charge in [-0.3, -0.25) is 34.1 Å². The molecule has 17 heteroatoms. The highest BCUT2D eigenvalue weighted by molar-refractivity contribution is 6.14. The van der Waals surface area contributed by atoms with Gasteiger partial charge in [0.05, 0.1) is 60.7 Å². The minimum atomic E-state index is -0.714. The fourth-order valence-corrected chi connectivity index (χ4v) is 10.8. The van der Waals surface area contributed by atoms with Crippen molar-refractivity contribution in [2.45, 2.75) is 122 Å². The first-order chi connectivity index (χ1) is 37.0. The average Bonchev–Trinajstić information content (AvgIpc) is 4.08. The van der Waals surface area contributed by atoms with E-state index in [-0.39, 0.29) is 56.4 Å². The Balaban J connectivity index is 0.886. The Morgan fingerprint density at radius 2 is 1.40 bits per heavy atom. The number of methoxy groups -OCH3 is 2. The number of hydrogen-bond acceptors (Lipinski definition) is 14. The molecule has 4 aromatic rings. The lowest BCUT2D eigenvalue weighted by Gasteiger charge is -2.39. The summed E-state index contributed by atoms with van der Waals surface area (Å²) in [7, 11) is 5.27. The summed E-state index contributed by atoms with van der Waals surface area (Å²) >= 11 is 0. The molecule has 2 unspecified atom stereocenters. The van der Waals surface area contributed by atoms with E-state index in [9.17, 15) is 24.0 Å². The quantitative estimate of drug-likeness (QED) is 0.0770. The fourth-order valence-electron chi connectivity index (χ4n) is 10.8. The van der Waals surface area contributed by atoms with Crippen molar-refractivity contribution in [1.29, 1.82) is 0 Å². The molecule has 5 heterocycles. The summed E-state index contributed by atoms with van der Waals surface area (Å²) < 4.78 is 31.2. The van der Waals surface area contributed by atoms with Gasteiger partial charge in [0, 0.05) is 100 Å². The molecule has 4 amide bonds. The van der Waals surface area contributed by atoms with E-state index in [4.69, 9.17) is 38.5 Å². The maximum atomic E-state index is 14.3. The van der Waals surface area contributed by atoms with E-state index in [1.807, 2.05) is 104 Å². The first kappa shape index (κ1) is 52.8. The van der Waals surface area contributed by atoms with Gasteiger partial charge in [-0.25, -0.2) is 4.79 Å². The molecule has 1 aliphatic carbocycles. The summed E-state index contributed by atoms with van der Waals surface area (Å²) in [5.41, 5.74) is 7.98. The number of anilines is 3. The van der Waals surface area contributed by atoms with Crippen LogP contribution >= 0.6 is 0 Å². The molecular weight excluding hydrogens is 981 g/mol. The van der Waals surface area contributed by atoms with Crippen molar-refractivity contribution in [3.63, 3.8) is 0 Å². The van der Waals surface area contributed by atoms with Gasteiger partial charge in [-0.15, -0.1) is 5.06 Å². The number of benzene rings is 4. The van der Waals surface area contributed by atoms with Crippen molar-refractivity contribution in [3.8, 4) is 5.75 Å². The van der Waals surface area contributed by atoms with E-state index in [1.165, 1.54) is 0 Å². The lowest BCUT2D eigenvalue weighted by Crippen LogP contribution is -2.43. The molecule has 10 rings (SSSR count). The van der Waals surface area contributed by atoms with Crippen LogP contribution in [0.4, 0.5) is 22.7 Å². The predicted octanol–water partition coefficient (Wildman–Crippen LogP) is 8.85. The molecule has 0 N–H and O–H groups in total. The Morgan fingerprint density at radius 3 is 2.09 bits per heavy atom. The second-order valence-corrected chi connectivity index (χ2v) is 21.6. The van der Waals surface area contributed by atoms with Crippen LogP contribution in [-0.2, 0) is 75.4 Å². The van der Waals surface area contributed by atoms with Gasteiger partial charge in [-0.1, -0.05) is 36.4 Å². The van der Waals surface area contributed by atoms with Crippen LogP contribution in [0.25, 0.3) is 0 Å². The minimum Gasteiger partial charge on any atom is -0.497 e. The Morgan fingerprint density at radius 1 is 0.753 bits per heavy atom. The normalized spacial score (nSPS) is 19.5. The number of aliphatic imine (C=N–C) groups is 2. The molecule has 0 saturated carbocycles. The van der Waals surface area contributed by atoms with Gasteiger partial charge >= 0.3 is 5.97 Å². The molecule has 0 spiro atoms. The number of rotatable bonds is 20. The molecule has 77 heavy (non-hydrogen) atoms. The number of imide groups is 1. The molecule has 1 fully saturated rings. The zero-order chi connectivity index (χ0) is 54.2. The monoisotopic (exact) mass is 1050 g/mol. The summed E-state index contributed by atoms with van der Waals surface area (Å²) in [6.07, 6.45) is 8.69. The predicted molar refractivity (Wildman–Crippen MR) is 290 cm³/mol. The van der Waals surface area contributed by atoms with Gasteiger partial charge in [0.25, 0.3) is 17.7 Å². The highest BCUT2D eigenvalue weighted by Gasteiger charge is 2.43. The van der Waals surface area contributed by atoms with Crippen molar-refractivity contribution in [2.75, 3.05) is 49.2 Å². The maximum absolute atomic E-state index is 14.3. The maximum Gasteiger partial charge on any atom is 0.333 e. The molecule has 1 saturated heterocycles. The summed E-state index contributed by atoms with van der Waals surface area (Å²) in [5.74, 6) is -0.714. The zero-order valence-corrected chi connectivity index (χ0v) is 44.8. The van der Waals surface area contributed by atoms with Crippen molar-refractivity contribution < 1.29 is 52.5 Å². The summed E-state index contributed by atoms with van der Waals surface area (Å²) in [5, 5.41) is 0.566. The molecule has 17 nitrogen and oxygen atoms in total. The molecule has 6 aliphatic rings. The standard InChI is InChI=1S/C60H66N6O11/c1-59(2,21-23-76-60(3,4)20-18-56(69)77-66-54(67)16-17-55(66)68)63(5)42-25-37(35-74-51-31-47-45(29-41(51)19-22-72-6)57(70)64-43(33-61-47)27-39-12-8-10-14-49(39)64)24-38(26-42)36-75-53-32-48-46(30-52(53)73-7)58(71)65-44(34-62-48)28-40-13-9-11-15-50(40)65/h8-15,24-26,29,31-34,43-44,46H,16-23,27-28,30,35-36H2,1-7H3/t43?,44-,46?/m0/s1.